The van der Waals surface area contributed by atoms with E-state index in [0.29, 0.717) is 12.2 Å². The molecule has 0 aliphatic rings. The van der Waals surface area contributed by atoms with Crippen molar-refractivity contribution in [2.24, 2.45) is 0 Å². The first-order valence-electron chi connectivity index (χ1n) is 6.00. The van der Waals surface area contributed by atoms with Gasteiger partial charge in [-0.2, -0.15) is 11.3 Å². The largest absolute Gasteiger partial charge is 0.480 e. The zero-order valence-electron chi connectivity index (χ0n) is 10.7. The van der Waals surface area contributed by atoms with Crippen LogP contribution in [0, 0.1) is 0 Å². The van der Waals surface area contributed by atoms with E-state index < -0.39 is 12.0 Å². The summed E-state index contributed by atoms with van der Waals surface area (Å²) in [6, 6.07) is 10.2. The first-order chi connectivity index (χ1) is 9.66. The number of benzene rings is 1. The van der Waals surface area contributed by atoms with Crippen LogP contribution in [0.15, 0.2) is 47.2 Å². The summed E-state index contributed by atoms with van der Waals surface area (Å²) in [4.78, 5) is 24.2. The lowest BCUT2D eigenvalue weighted by Crippen LogP contribution is -2.42. The van der Waals surface area contributed by atoms with Crippen LogP contribution in [0.1, 0.15) is 5.56 Å². The number of nitrogens with zero attached hydrogens (tertiary/aromatic N) is 1. The van der Waals surface area contributed by atoms with Gasteiger partial charge in [-0.05, 0) is 34.5 Å². The molecule has 1 aromatic heterocycles. The number of para-hydroxylation sites is 1. The number of carbonyl (C=O) groups is 2. The number of amides is 2. The van der Waals surface area contributed by atoms with Crippen LogP contribution < -0.4 is 10.2 Å². The Morgan fingerprint density at radius 1 is 1.20 bits per heavy atom. The molecule has 0 unspecified atom stereocenters. The SMILES string of the molecule is O=C(O)CN(C(=O)NCc1ccsc1)c1ccccc1. The summed E-state index contributed by atoms with van der Waals surface area (Å²) in [5.74, 6) is -1.06. The van der Waals surface area contributed by atoms with E-state index in [1.165, 1.54) is 4.90 Å². The van der Waals surface area contributed by atoms with Gasteiger partial charge in [0.15, 0.2) is 0 Å². The summed E-state index contributed by atoms with van der Waals surface area (Å²) in [6.07, 6.45) is 0. The first kappa shape index (κ1) is 14.1. The van der Waals surface area contributed by atoms with Gasteiger partial charge in [-0.1, -0.05) is 18.2 Å². The Balaban J connectivity index is 2.06. The van der Waals surface area contributed by atoms with E-state index in [4.69, 9.17) is 5.11 Å². The van der Waals surface area contributed by atoms with Crippen LogP contribution in [-0.2, 0) is 11.3 Å². The highest BCUT2D eigenvalue weighted by molar-refractivity contribution is 7.07. The molecule has 0 aliphatic heterocycles. The van der Waals surface area contributed by atoms with E-state index in [-0.39, 0.29) is 6.54 Å². The second-order valence-electron chi connectivity index (χ2n) is 4.11. The molecule has 104 valence electrons. The predicted molar refractivity (Wildman–Crippen MR) is 78.0 cm³/mol. The fraction of sp³-hybridized carbons (Fsp3) is 0.143. The highest BCUT2D eigenvalue weighted by Gasteiger charge is 2.18. The number of hydrogen-bond acceptors (Lipinski definition) is 3. The minimum atomic E-state index is -1.06. The smallest absolute Gasteiger partial charge is 0.323 e. The van der Waals surface area contributed by atoms with E-state index >= 15 is 0 Å². The second-order valence-corrected chi connectivity index (χ2v) is 4.89. The zero-order chi connectivity index (χ0) is 14.4. The van der Waals surface area contributed by atoms with Gasteiger partial charge in [0.25, 0.3) is 0 Å². The van der Waals surface area contributed by atoms with Gasteiger partial charge in [0.05, 0.1) is 0 Å². The average Bonchev–Trinajstić information content (AvgIpc) is 2.96. The van der Waals surface area contributed by atoms with E-state index in [2.05, 4.69) is 5.32 Å². The summed E-state index contributed by atoms with van der Waals surface area (Å²) in [6.45, 7) is 0.00473. The molecule has 0 radical (unpaired) electrons. The molecule has 2 amide bonds. The van der Waals surface area contributed by atoms with Crippen LogP contribution in [-0.4, -0.2) is 23.7 Å². The van der Waals surface area contributed by atoms with Gasteiger partial charge in [0.1, 0.15) is 6.54 Å². The Labute approximate surface area is 120 Å². The number of urea groups is 1. The van der Waals surface area contributed by atoms with Gasteiger partial charge in [0.2, 0.25) is 0 Å². The molecule has 1 heterocycles. The zero-order valence-corrected chi connectivity index (χ0v) is 11.5. The molecule has 0 atom stereocenters. The monoisotopic (exact) mass is 290 g/mol. The van der Waals surface area contributed by atoms with Gasteiger partial charge in [-0.25, -0.2) is 4.79 Å². The number of anilines is 1. The van der Waals surface area contributed by atoms with Crippen LogP contribution in [0.4, 0.5) is 10.5 Å². The Kier molecular flexibility index (Phi) is 4.73. The van der Waals surface area contributed by atoms with Gasteiger partial charge in [-0.3, -0.25) is 9.69 Å². The lowest BCUT2D eigenvalue weighted by molar-refractivity contribution is -0.135. The van der Waals surface area contributed by atoms with Gasteiger partial charge in [-0.15, -0.1) is 0 Å². The Morgan fingerprint density at radius 2 is 1.95 bits per heavy atom. The van der Waals surface area contributed by atoms with Crippen LogP contribution >= 0.6 is 11.3 Å². The quantitative estimate of drug-likeness (QED) is 0.889. The second kappa shape index (κ2) is 6.72. The molecule has 2 aromatic rings. The Bertz CT molecular complexity index is 569. The molecule has 1 aromatic carbocycles. The van der Waals surface area contributed by atoms with Crippen LogP contribution in [0.2, 0.25) is 0 Å². The molecule has 2 rings (SSSR count). The molecule has 0 bridgehead atoms. The number of aliphatic carboxylic acids is 1. The highest BCUT2D eigenvalue weighted by atomic mass is 32.1. The summed E-state index contributed by atoms with van der Waals surface area (Å²) in [7, 11) is 0. The van der Waals surface area contributed by atoms with E-state index in [9.17, 15) is 9.59 Å². The number of carboxylic acid groups (broad SMARTS) is 1. The maximum atomic E-state index is 12.1. The maximum Gasteiger partial charge on any atom is 0.323 e. The molecule has 0 saturated heterocycles. The summed E-state index contributed by atoms with van der Waals surface area (Å²) < 4.78 is 0. The van der Waals surface area contributed by atoms with Crippen molar-refractivity contribution < 1.29 is 14.7 Å². The van der Waals surface area contributed by atoms with Crippen molar-refractivity contribution in [3.63, 3.8) is 0 Å². The van der Waals surface area contributed by atoms with E-state index in [1.54, 1.807) is 35.6 Å². The number of carbonyl (C=O) groups excluding carboxylic acids is 1. The average molecular weight is 290 g/mol. The van der Waals surface area contributed by atoms with Crippen molar-refractivity contribution in [1.29, 1.82) is 0 Å². The molecular weight excluding hydrogens is 276 g/mol. The van der Waals surface area contributed by atoms with Gasteiger partial charge < -0.3 is 10.4 Å². The minimum Gasteiger partial charge on any atom is -0.480 e. The lowest BCUT2D eigenvalue weighted by Gasteiger charge is -2.21. The van der Waals surface area contributed by atoms with Crippen molar-refractivity contribution in [3.05, 3.63) is 52.7 Å². The number of thiophene rings is 1. The summed E-state index contributed by atoms with van der Waals surface area (Å²) in [5, 5.41) is 15.5. The van der Waals surface area contributed by atoms with Gasteiger partial charge >= 0.3 is 12.0 Å². The van der Waals surface area contributed by atoms with Crippen molar-refractivity contribution in [3.8, 4) is 0 Å². The molecule has 5 nitrogen and oxygen atoms in total. The third-order valence-electron chi connectivity index (χ3n) is 2.63. The first-order valence-corrected chi connectivity index (χ1v) is 6.94. The molecule has 2 N–H and O–H groups in total. The third-order valence-corrected chi connectivity index (χ3v) is 3.36. The third kappa shape index (κ3) is 3.83. The Morgan fingerprint density at radius 3 is 2.55 bits per heavy atom. The fourth-order valence-electron chi connectivity index (χ4n) is 1.69. The number of hydrogen-bond donors (Lipinski definition) is 2. The standard InChI is InChI=1S/C14H14N2O3S/c17-13(18)9-16(12-4-2-1-3-5-12)14(19)15-8-11-6-7-20-10-11/h1-7,10H,8-9H2,(H,15,19)(H,17,18). The van der Waals surface area contributed by atoms with Crippen molar-refractivity contribution in [2.45, 2.75) is 6.54 Å². The number of nitrogens with one attached hydrogen (secondary N) is 1. The maximum absolute atomic E-state index is 12.1. The Hall–Kier alpha value is -2.34. The van der Waals surface area contributed by atoms with E-state index in [1.807, 2.05) is 22.9 Å². The van der Waals surface area contributed by atoms with Crippen LogP contribution in [0.5, 0.6) is 0 Å². The number of rotatable bonds is 5. The van der Waals surface area contributed by atoms with Crippen molar-refractivity contribution >= 4 is 29.0 Å². The molecule has 0 aliphatic carbocycles. The summed E-state index contributed by atoms with van der Waals surface area (Å²) in [5.41, 5.74) is 1.55. The predicted octanol–water partition coefficient (Wildman–Crippen LogP) is 2.55. The van der Waals surface area contributed by atoms with Crippen LogP contribution in [0.25, 0.3) is 0 Å². The van der Waals surface area contributed by atoms with E-state index in [0.717, 1.165) is 5.56 Å². The van der Waals surface area contributed by atoms with Crippen molar-refractivity contribution in [2.75, 3.05) is 11.4 Å². The lowest BCUT2D eigenvalue weighted by atomic mass is 10.3. The van der Waals surface area contributed by atoms with Crippen molar-refractivity contribution in [1.82, 2.24) is 5.32 Å². The van der Waals surface area contributed by atoms with Gasteiger partial charge in [0, 0.05) is 12.2 Å². The molecule has 0 spiro atoms. The topological polar surface area (TPSA) is 69.6 Å². The summed E-state index contributed by atoms with van der Waals surface area (Å²) >= 11 is 1.55. The molecule has 6 heteroatoms. The molecule has 0 saturated carbocycles. The molecular formula is C14H14N2O3S. The number of carboxylic acids is 1. The molecule has 0 fully saturated rings. The fourth-order valence-corrected chi connectivity index (χ4v) is 2.36. The normalized spacial score (nSPS) is 10.0. The van der Waals surface area contributed by atoms with Crippen LogP contribution in [0.3, 0.4) is 0 Å². The molecule has 20 heavy (non-hydrogen) atoms. The highest BCUT2D eigenvalue weighted by Crippen LogP contribution is 2.13. The minimum absolute atomic E-state index is 0.376.